The van der Waals surface area contributed by atoms with Gasteiger partial charge in [-0.1, -0.05) is 6.07 Å². The van der Waals surface area contributed by atoms with Crippen molar-refractivity contribution in [2.24, 2.45) is 5.73 Å². The second kappa shape index (κ2) is 6.62. The third-order valence-electron chi connectivity index (χ3n) is 2.47. The van der Waals surface area contributed by atoms with Gasteiger partial charge < -0.3 is 15.8 Å². The number of methoxy groups -OCH3 is 1. The van der Waals surface area contributed by atoms with Gasteiger partial charge in [-0.2, -0.15) is 0 Å². The lowest BCUT2D eigenvalue weighted by Crippen LogP contribution is -2.35. The molecule has 1 rings (SSSR count). The maximum Gasteiger partial charge on any atom is 0.254 e. The summed E-state index contributed by atoms with van der Waals surface area (Å²) in [6.07, 6.45) is -0.774. The maximum absolute atomic E-state index is 11.7. The van der Waals surface area contributed by atoms with E-state index < -0.39 is 22.0 Å². The Balaban J connectivity index is 2.92. The van der Waals surface area contributed by atoms with Gasteiger partial charge in [0.15, 0.2) is 0 Å². The molecule has 0 aliphatic heterocycles. The van der Waals surface area contributed by atoms with Crippen LogP contribution in [0.2, 0.25) is 0 Å². The Labute approximate surface area is 112 Å². The Morgan fingerprint density at radius 3 is 2.68 bits per heavy atom. The highest BCUT2D eigenvalue weighted by Crippen LogP contribution is 2.15. The predicted octanol–water partition coefficient (Wildman–Crippen LogP) is -0.493. The quantitative estimate of drug-likeness (QED) is 0.653. The van der Waals surface area contributed by atoms with E-state index in [1.54, 1.807) is 6.07 Å². The lowest BCUT2D eigenvalue weighted by molar-refractivity contribution is -0.125. The fourth-order valence-electron chi connectivity index (χ4n) is 1.39. The number of nitrogens with one attached hydrogen (secondary N) is 2. The zero-order valence-electron chi connectivity index (χ0n) is 10.7. The van der Waals surface area contributed by atoms with Crippen molar-refractivity contribution in [2.45, 2.75) is 11.0 Å². The van der Waals surface area contributed by atoms with Crippen molar-refractivity contribution in [1.29, 1.82) is 0 Å². The van der Waals surface area contributed by atoms with Gasteiger partial charge in [-0.15, -0.1) is 0 Å². The van der Waals surface area contributed by atoms with Crippen LogP contribution in [0, 0.1) is 0 Å². The van der Waals surface area contributed by atoms with Crippen molar-refractivity contribution in [3.05, 3.63) is 24.3 Å². The van der Waals surface area contributed by atoms with Crippen molar-refractivity contribution in [3.63, 3.8) is 0 Å². The molecule has 0 saturated carbocycles. The fraction of sp³-hybridized carbons (Fsp3) is 0.364. The van der Waals surface area contributed by atoms with Gasteiger partial charge in [0.2, 0.25) is 10.0 Å². The number of carbonyl (C=O) groups is 1. The summed E-state index contributed by atoms with van der Waals surface area (Å²) in [5, 5.41) is 2.54. The van der Waals surface area contributed by atoms with Gasteiger partial charge in [-0.25, -0.2) is 13.1 Å². The molecule has 19 heavy (non-hydrogen) atoms. The standard InChI is InChI=1S/C11H17N3O4S/c1-13-19(16,17)9-5-3-4-8(6-9)14-11(15)10(7-12)18-2/h3-6,10,13H,7,12H2,1-2H3,(H,14,15). The van der Waals surface area contributed by atoms with E-state index in [9.17, 15) is 13.2 Å². The highest BCUT2D eigenvalue weighted by Gasteiger charge is 2.17. The molecule has 0 spiro atoms. The van der Waals surface area contributed by atoms with Crippen LogP contribution in [0.3, 0.4) is 0 Å². The molecule has 0 saturated heterocycles. The van der Waals surface area contributed by atoms with Gasteiger partial charge in [-0.3, -0.25) is 4.79 Å². The summed E-state index contributed by atoms with van der Waals surface area (Å²) < 4.78 is 30.3. The number of hydrogen-bond donors (Lipinski definition) is 3. The van der Waals surface area contributed by atoms with Crippen LogP contribution in [0.5, 0.6) is 0 Å². The summed E-state index contributed by atoms with van der Waals surface area (Å²) >= 11 is 0. The summed E-state index contributed by atoms with van der Waals surface area (Å²) in [6, 6.07) is 5.89. The average molecular weight is 287 g/mol. The van der Waals surface area contributed by atoms with Gasteiger partial charge in [0.1, 0.15) is 6.10 Å². The van der Waals surface area contributed by atoms with E-state index in [0.717, 1.165) is 0 Å². The molecule has 1 aromatic rings. The topological polar surface area (TPSA) is 111 Å². The first-order valence-electron chi connectivity index (χ1n) is 5.52. The molecule has 0 aliphatic carbocycles. The average Bonchev–Trinajstić information content (AvgIpc) is 2.40. The first-order chi connectivity index (χ1) is 8.94. The minimum Gasteiger partial charge on any atom is -0.370 e. The third kappa shape index (κ3) is 4.00. The lowest BCUT2D eigenvalue weighted by atomic mass is 10.3. The van der Waals surface area contributed by atoms with Crippen LogP contribution in [0.15, 0.2) is 29.2 Å². The van der Waals surface area contributed by atoms with Crippen molar-refractivity contribution in [2.75, 3.05) is 26.0 Å². The first-order valence-corrected chi connectivity index (χ1v) is 7.00. The van der Waals surface area contributed by atoms with Gasteiger partial charge >= 0.3 is 0 Å². The monoisotopic (exact) mass is 287 g/mol. The van der Waals surface area contributed by atoms with E-state index >= 15 is 0 Å². The second-order valence-electron chi connectivity index (χ2n) is 3.68. The molecular weight excluding hydrogens is 270 g/mol. The van der Waals surface area contributed by atoms with Crippen LogP contribution in [0.25, 0.3) is 0 Å². The van der Waals surface area contributed by atoms with Crippen LogP contribution >= 0.6 is 0 Å². The minimum absolute atomic E-state index is 0.0385. The third-order valence-corrected chi connectivity index (χ3v) is 3.88. The molecule has 0 fully saturated rings. The van der Waals surface area contributed by atoms with E-state index in [1.165, 1.54) is 32.4 Å². The number of anilines is 1. The Morgan fingerprint density at radius 1 is 1.47 bits per heavy atom. The van der Waals surface area contributed by atoms with Gasteiger partial charge in [0, 0.05) is 19.3 Å². The molecular formula is C11H17N3O4S. The zero-order chi connectivity index (χ0) is 14.5. The molecule has 7 nitrogen and oxygen atoms in total. The lowest BCUT2D eigenvalue weighted by Gasteiger charge is -2.13. The molecule has 0 aromatic heterocycles. The molecule has 1 amide bonds. The Morgan fingerprint density at radius 2 is 2.16 bits per heavy atom. The molecule has 0 heterocycles. The number of benzene rings is 1. The molecule has 1 unspecified atom stereocenters. The van der Waals surface area contributed by atoms with Crippen LogP contribution in [0.1, 0.15) is 0 Å². The number of carbonyl (C=O) groups excluding carboxylic acids is 1. The summed E-state index contributed by atoms with van der Waals surface area (Å²) in [6.45, 7) is 0.0385. The molecule has 0 aliphatic rings. The van der Waals surface area contributed by atoms with Crippen molar-refractivity contribution >= 4 is 21.6 Å². The van der Waals surface area contributed by atoms with E-state index in [4.69, 9.17) is 10.5 Å². The summed E-state index contributed by atoms with van der Waals surface area (Å²) in [5.74, 6) is -0.427. The van der Waals surface area contributed by atoms with Gasteiger partial charge in [-0.05, 0) is 25.2 Å². The maximum atomic E-state index is 11.7. The van der Waals surface area contributed by atoms with E-state index in [1.807, 2.05) is 0 Å². The van der Waals surface area contributed by atoms with Gasteiger partial charge in [0.05, 0.1) is 4.90 Å². The predicted molar refractivity (Wildman–Crippen MR) is 71.2 cm³/mol. The van der Waals surface area contributed by atoms with E-state index in [0.29, 0.717) is 5.69 Å². The molecule has 4 N–H and O–H groups in total. The molecule has 106 valence electrons. The van der Waals surface area contributed by atoms with E-state index in [-0.39, 0.29) is 11.4 Å². The van der Waals surface area contributed by atoms with Crippen molar-refractivity contribution < 1.29 is 17.9 Å². The Hall–Kier alpha value is -1.48. The highest BCUT2D eigenvalue weighted by atomic mass is 32.2. The normalized spacial score (nSPS) is 13.0. The number of ether oxygens (including phenoxy) is 1. The summed E-state index contributed by atoms with van der Waals surface area (Å²) in [7, 11) is -0.856. The molecule has 8 heteroatoms. The molecule has 0 radical (unpaired) electrons. The number of sulfonamides is 1. The van der Waals surface area contributed by atoms with Crippen molar-refractivity contribution in [3.8, 4) is 0 Å². The van der Waals surface area contributed by atoms with Crippen LogP contribution in [0.4, 0.5) is 5.69 Å². The van der Waals surface area contributed by atoms with Crippen molar-refractivity contribution in [1.82, 2.24) is 4.72 Å². The Kier molecular flexibility index (Phi) is 5.43. The summed E-state index contributed by atoms with van der Waals surface area (Å²) in [4.78, 5) is 11.8. The SMILES string of the molecule is CNS(=O)(=O)c1cccc(NC(=O)C(CN)OC)c1. The minimum atomic E-state index is -3.55. The largest absolute Gasteiger partial charge is 0.370 e. The fourth-order valence-corrected chi connectivity index (χ4v) is 2.17. The molecule has 0 bridgehead atoms. The number of hydrogen-bond acceptors (Lipinski definition) is 5. The zero-order valence-corrected chi connectivity index (χ0v) is 11.5. The van der Waals surface area contributed by atoms with E-state index in [2.05, 4.69) is 10.0 Å². The number of rotatable bonds is 6. The highest BCUT2D eigenvalue weighted by molar-refractivity contribution is 7.89. The Bertz CT molecular complexity index is 541. The van der Waals surface area contributed by atoms with Crippen LogP contribution in [-0.4, -0.2) is 41.1 Å². The number of nitrogens with two attached hydrogens (primary N) is 1. The van der Waals surface area contributed by atoms with Gasteiger partial charge in [0.25, 0.3) is 5.91 Å². The van der Waals surface area contributed by atoms with Crippen LogP contribution < -0.4 is 15.8 Å². The second-order valence-corrected chi connectivity index (χ2v) is 5.57. The number of amides is 1. The molecule has 1 aromatic carbocycles. The summed E-state index contributed by atoms with van der Waals surface area (Å²) in [5.41, 5.74) is 5.72. The van der Waals surface area contributed by atoms with Crippen LogP contribution in [-0.2, 0) is 19.6 Å². The molecule has 1 atom stereocenters. The first kappa shape index (κ1) is 15.6. The smallest absolute Gasteiger partial charge is 0.254 e.